The van der Waals surface area contributed by atoms with E-state index < -0.39 is 7.12 Å². The van der Waals surface area contributed by atoms with Crippen molar-refractivity contribution in [2.45, 2.75) is 19.3 Å². The van der Waals surface area contributed by atoms with Gasteiger partial charge in [-0.25, -0.2) is 0 Å². The second-order valence-corrected chi connectivity index (χ2v) is 8.26. The van der Waals surface area contributed by atoms with Gasteiger partial charge in [0.15, 0.2) is 0 Å². The molecular formula is C21H17BO2S. The molecule has 1 aliphatic carbocycles. The van der Waals surface area contributed by atoms with Gasteiger partial charge in [0.2, 0.25) is 0 Å². The summed E-state index contributed by atoms with van der Waals surface area (Å²) in [6, 6.07) is 18.8. The first kappa shape index (κ1) is 15.1. The highest BCUT2D eigenvalue weighted by Gasteiger charge is 2.36. The zero-order chi connectivity index (χ0) is 17.3. The van der Waals surface area contributed by atoms with Gasteiger partial charge in [0.1, 0.15) is 0 Å². The topological polar surface area (TPSA) is 40.5 Å². The molecule has 0 unspecified atom stereocenters. The average molecular weight is 344 g/mol. The normalized spacial score (nSPS) is 14.7. The Labute approximate surface area is 150 Å². The summed E-state index contributed by atoms with van der Waals surface area (Å²) in [5, 5.41) is 21.8. The smallest absolute Gasteiger partial charge is 0.423 e. The molecule has 1 heterocycles. The summed E-state index contributed by atoms with van der Waals surface area (Å²) >= 11 is 1.67. The molecule has 0 aliphatic heterocycles. The van der Waals surface area contributed by atoms with Crippen LogP contribution in [0.15, 0.2) is 54.6 Å². The number of hydrogen-bond donors (Lipinski definition) is 2. The van der Waals surface area contributed by atoms with Crippen molar-refractivity contribution in [3.05, 3.63) is 65.7 Å². The molecule has 0 radical (unpaired) electrons. The van der Waals surface area contributed by atoms with Gasteiger partial charge in [-0.3, -0.25) is 0 Å². The molecule has 25 heavy (non-hydrogen) atoms. The lowest BCUT2D eigenvalue weighted by Crippen LogP contribution is -2.29. The van der Waals surface area contributed by atoms with E-state index in [1.807, 2.05) is 6.07 Å². The highest BCUT2D eigenvalue weighted by molar-refractivity contribution is 7.27. The fraction of sp³-hybridized carbons (Fsp3) is 0.143. The Bertz CT molecular complexity index is 1160. The molecule has 0 bridgehead atoms. The van der Waals surface area contributed by atoms with E-state index in [0.717, 1.165) is 10.1 Å². The highest BCUT2D eigenvalue weighted by Crippen LogP contribution is 2.53. The van der Waals surface area contributed by atoms with Crippen molar-refractivity contribution in [3.63, 3.8) is 0 Å². The van der Waals surface area contributed by atoms with Gasteiger partial charge >= 0.3 is 7.12 Å². The van der Waals surface area contributed by atoms with Crippen LogP contribution in [0.1, 0.15) is 25.0 Å². The Kier molecular flexibility index (Phi) is 3.00. The molecule has 4 aromatic rings. The minimum atomic E-state index is -1.45. The van der Waals surface area contributed by atoms with Gasteiger partial charge < -0.3 is 10.0 Å². The molecule has 1 aliphatic rings. The number of hydrogen-bond acceptors (Lipinski definition) is 3. The molecule has 0 amide bonds. The maximum absolute atomic E-state index is 9.74. The summed E-state index contributed by atoms with van der Waals surface area (Å²) in [5.41, 5.74) is 5.87. The van der Waals surface area contributed by atoms with E-state index in [1.165, 1.54) is 32.3 Å². The summed E-state index contributed by atoms with van der Waals surface area (Å²) in [7, 11) is -1.45. The van der Waals surface area contributed by atoms with Gasteiger partial charge in [-0.15, -0.1) is 11.3 Å². The Morgan fingerprint density at radius 3 is 2.36 bits per heavy atom. The van der Waals surface area contributed by atoms with Crippen molar-refractivity contribution in [3.8, 4) is 11.1 Å². The maximum Gasteiger partial charge on any atom is 0.489 e. The lowest BCUT2D eigenvalue weighted by Gasteiger charge is -2.21. The van der Waals surface area contributed by atoms with Crippen LogP contribution in [-0.4, -0.2) is 17.2 Å². The first-order valence-electron chi connectivity index (χ1n) is 8.45. The third-order valence-corrected chi connectivity index (χ3v) is 6.81. The lowest BCUT2D eigenvalue weighted by molar-refractivity contribution is 0.426. The molecule has 0 fully saturated rings. The molecule has 5 rings (SSSR count). The van der Waals surface area contributed by atoms with E-state index in [9.17, 15) is 10.0 Å². The summed E-state index contributed by atoms with van der Waals surface area (Å²) in [5.74, 6) is 0. The number of benzene rings is 3. The number of fused-ring (bicyclic) bond motifs is 7. The maximum atomic E-state index is 9.74. The first-order chi connectivity index (χ1) is 12.0. The Morgan fingerprint density at radius 1 is 0.800 bits per heavy atom. The molecule has 2 N–H and O–H groups in total. The summed E-state index contributed by atoms with van der Waals surface area (Å²) in [6.07, 6.45) is 0. The molecule has 3 aromatic carbocycles. The van der Waals surface area contributed by atoms with E-state index in [2.05, 4.69) is 56.3 Å². The van der Waals surface area contributed by atoms with Gasteiger partial charge in [-0.05, 0) is 27.5 Å². The van der Waals surface area contributed by atoms with Crippen molar-refractivity contribution in [2.24, 2.45) is 0 Å². The number of rotatable bonds is 1. The van der Waals surface area contributed by atoms with Gasteiger partial charge in [0.05, 0.1) is 0 Å². The van der Waals surface area contributed by atoms with Gasteiger partial charge in [-0.2, -0.15) is 0 Å². The minimum absolute atomic E-state index is 0.0182. The average Bonchev–Trinajstić information content (AvgIpc) is 3.09. The van der Waals surface area contributed by atoms with Crippen LogP contribution < -0.4 is 5.46 Å². The predicted octanol–water partition coefficient (Wildman–Crippen LogP) is 4.04. The Hall–Kier alpha value is -2.14. The molecule has 0 atom stereocenters. The zero-order valence-electron chi connectivity index (χ0n) is 14.1. The van der Waals surface area contributed by atoms with Crippen molar-refractivity contribution in [2.75, 3.05) is 0 Å². The van der Waals surface area contributed by atoms with Crippen LogP contribution in [0.4, 0.5) is 0 Å². The van der Waals surface area contributed by atoms with Gasteiger partial charge in [0, 0.05) is 25.8 Å². The van der Waals surface area contributed by atoms with Crippen molar-refractivity contribution in [1.29, 1.82) is 0 Å². The van der Waals surface area contributed by atoms with Crippen LogP contribution in [0, 0.1) is 0 Å². The van der Waals surface area contributed by atoms with E-state index >= 15 is 0 Å². The molecule has 0 saturated carbocycles. The van der Waals surface area contributed by atoms with Crippen LogP contribution in [-0.2, 0) is 5.41 Å². The van der Waals surface area contributed by atoms with E-state index in [0.29, 0.717) is 5.46 Å². The molecule has 122 valence electrons. The standard InChI is InChI=1S/C21H17BO2S/c1-21(2)15-8-4-3-6-14(15)18-16(21)11-10-13-12-7-5-9-17(22(23)24)19(12)25-20(13)18/h3-11,23-24H,1-2H3. The van der Waals surface area contributed by atoms with E-state index in [-0.39, 0.29) is 5.41 Å². The van der Waals surface area contributed by atoms with E-state index in [4.69, 9.17) is 0 Å². The SMILES string of the molecule is CC1(C)c2ccccc2-c2c1ccc1c2sc2c(B(O)O)cccc21. The zero-order valence-corrected chi connectivity index (χ0v) is 14.9. The third kappa shape index (κ3) is 1.87. The fourth-order valence-corrected chi connectivity index (χ4v) is 5.66. The third-order valence-electron chi connectivity index (χ3n) is 5.52. The van der Waals surface area contributed by atoms with Crippen molar-refractivity contribution in [1.82, 2.24) is 0 Å². The second kappa shape index (κ2) is 4.95. The Balaban J connectivity index is 1.97. The molecule has 4 heteroatoms. The van der Waals surface area contributed by atoms with Crippen LogP contribution in [0.2, 0.25) is 0 Å². The molecule has 0 saturated heterocycles. The molecular weight excluding hydrogens is 327 g/mol. The van der Waals surface area contributed by atoms with Crippen LogP contribution >= 0.6 is 11.3 Å². The summed E-state index contributed by atoms with van der Waals surface area (Å²) in [6.45, 7) is 4.56. The van der Waals surface area contributed by atoms with Crippen molar-refractivity contribution >= 4 is 44.1 Å². The monoisotopic (exact) mass is 344 g/mol. The van der Waals surface area contributed by atoms with Crippen LogP contribution in [0.25, 0.3) is 31.3 Å². The van der Waals surface area contributed by atoms with Crippen LogP contribution in [0.3, 0.4) is 0 Å². The molecule has 2 nitrogen and oxygen atoms in total. The second-order valence-electron chi connectivity index (χ2n) is 7.24. The fourth-order valence-electron chi connectivity index (χ4n) is 4.27. The first-order valence-corrected chi connectivity index (χ1v) is 9.26. The Morgan fingerprint density at radius 2 is 1.56 bits per heavy atom. The number of thiophene rings is 1. The van der Waals surface area contributed by atoms with Gasteiger partial charge in [0.25, 0.3) is 0 Å². The minimum Gasteiger partial charge on any atom is -0.423 e. The summed E-state index contributed by atoms with van der Waals surface area (Å²) < 4.78 is 2.20. The quantitative estimate of drug-likeness (QED) is 0.512. The van der Waals surface area contributed by atoms with E-state index in [1.54, 1.807) is 17.4 Å². The predicted molar refractivity (Wildman–Crippen MR) is 107 cm³/mol. The summed E-state index contributed by atoms with van der Waals surface area (Å²) in [4.78, 5) is 0. The van der Waals surface area contributed by atoms with Gasteiger partial charge in [-0.1, -0.05) is 68.4 Å². The largest absolute Gasteiger partial charge is 0.489 e. The highest BCUT2D eigenvalue weighted by atomic mass is 32.1. The molecule has 0 spiro atoms. The lowest BCUT2D eigenvalue weighted by atomic mass is 9.79. The van der Waals surface area contributed by atoms with Crippen LogP contribution in [0.5, 0.6) is 0 Å². The van der Waals surface area contributed by atoms with Crippen molar-refractivity contribution < 1.29 is 10.0 Å². The molecule has 1 aromatic heterocycles.